The van der Waals surface area contributed by atoms with E-state index in [1.54, 1.807) is 0 Å². The van der Waals surface area contributed by atoms with Gasteiger partial charge >= 0.3 is 5.97 Å². The van der Waals surface area contributed by atoms with E-state index < -0.39 is 0 Å². The Morgan fingerprint density at radius 1 is 1.39 bits per heavy atom. The van der Waals surface area contributed by atoms with Gasteiger partial charge in [0.15, 0.2) is 0 Å². The van der Waals surface area contributed by atoms with Crippen molar-refractivity contribution in [3.63, 3.8) is 0 Å². The molecule has 1 atom stereocenters. The van der Waals surface area contributed by atoms with Crippen LogP contribution in [-0.4, -0.2) is 30.6 Å². The lowest BCUT2D eigenvalue weighted by molar-refractivity contribution is -0.148. The van der Waals surface area contributed by atoms with Crippen LogP contribution in [-0.2, 0) is 16.1 Å². The molecule has 0 spiro atoms. The summed E-state index contributed by atoms with van der Waals surface area (Å²) in [4.78, 5) is 14.1. The Morgan fingerprint density at radius 2 is 2.06 bits per heavy atom. The number of carbonyl (C=O) groups excluding carboxylic acids is 1. The van der Waals surface area contributed by atoms with Gasteiger partial charge in [0.1, 0.15) is 6.04 Å². The van der Waals surface area contributed by atoms with E-state index in [1.807, 2.05) is 18.2 Å². The van der Waals surface area contributed by atoms with Gasteiger partial charge in [0.2, 0.25) is 0 Å². The van der Waals surface area contributed by atoms with Gasteiger partial charge in [-0.15, -0.1) is 0 Å². The minimum atomic E-state index is -0.0877. The molecule has 1 unspecified atom stereocenters. The minimum Gasteiger partial charge on any atom is -0.468 e. The van der Waals surface area contributed by atoms with Crippen molar-refractivity contribution in [2.75, 3.05) is 13.7 Å². The van der Waals surface area contributed by atoms with Gasteiger partial charge in [0.05, 0.1) is 7.11 Å². The molecule has 0 saturated heterocycles. The van der Waals surface area contributed by atoms with E-state index in [1.165, 1.54) is 12.7 Å². The Morgan fingerprint density at radius 3 is 2.56 bits per heavy atom. The zero-order valence-corrected chi connectivity index (χ0v) is 11.1. The SMILES string of the molecule is CCN(Cc1ccccc1)C(C(=O)OC)C1CC1. The average molecular weight is 247 g/mol. The summed E-state index contributed by atoms with van der Waals surface area (Å²) in [6.45, 7) is 3.78. The highest BCUT2D eigenvalue weighted by Gasteiger charge is 2.40. The highest BCUT2D eigenvalue weighted by atomic mass is 16.5. The Labute approximate surface area is 109 Å². The van der Waals surface area contributed by atoms with Crippen LogP contribution in [0.15, 0.2) is 30.3 Å². The van der Waals surface area contributed by atoms with Gasteiger partial charge in [-0.3, -0.25) is 9.69 Å². The summed E-state index contributed by atoms with van der Waals surface area (Å²) in [5, 5.41) is 0. The van der Waals surface area contributed by atoms with E-state index in [0.29, 0.717) is 5.92 Å². The van der Waals surface area contributed by atoms with Crippen LogP contribution in [0.4, 0.5) is 0 Å². The van der Waals surface area contributed by atoms with Gasteiger partial charge in [-0.25, -0.2) is 0 Å². The molecule has 0 aromatic heterocycles. The van der Waals surface area contributed by atoms with Gasteiger partial charge in [0.25, 0.3) is 0 Å². The molecule has 1 aliphatic rings. The number of carbonyl (C=O) groups is 1. The summed E-state index contributed by atoms with van der Waals surface area (Å²) in [5.41, 5.74) is 1.24. The molecule has 98 valence electrons. The molecule has 1 aromatic rings. The second kappa shape index (κ2) is 6.01. The highest BCUT2D eigenvalue weighted by Crippen LogP contribution is 2.36. The Kier molecular flexibility index (Phi) is 4.37. The van der Waals surface area contributed by atoms with Crippen LogP contribution >= 0.6 is 0 Å². The molecule has 1 saturated carbocycles. The predicted molar refractivity (Wildman–Crippen MR) is 71.1 cm³/mol. The number of esters is 1. The zero-order valence-electron chi connectivity index (χ0n) is 11.1. The van der Waals surface area contributed by atoms with Crippen molar-refractivity contribution in [3.8, 4) is 0 Å². The number of methoxy groups -OCH3 is 1. The van der Waals surface area contributed by atoms with E-state index in [4.69, 9.17) is 4.74 Å². The van der Waals surface area contributed by atoms with Crippen LogP contribution in [0.1, 0.15) is 25.3 Å². The van der Waals surface area contributed by atoms with E-state index in [9.17, 15) is 4.79 Å². The second-order valence-corrected chi connectivity index (χ2v) is 4.85. The number of nitrogens with zero attached hydrogens (tertiary/aromatic N) is 1. The summed E-state index contributed by atoms with van der Waals surface area (Å²) in [6, 6.07) is 10.2. The lowest BCUT2D eigenvalue weighted by atomic mass is 10.1. The van der Waals surface area contributed by atoms with Crippen LogP contribution in [0, 0.1) is 5.92 Å². The van der Waals surface area contributed by atoms with E-state index in [2.05, 4.69) is 24.0 Å². The largest absolute Gasteiger partial charge is 0.468 e. The number of benzene rings is 1. The molecular formula is C15H21NO2. The standard InChI is InChI=1S/C15H21NO2/c1-3-16(11-12-7-5-4-6-8-12)14(13-9-10-13)15(17)18-2/h4-8,13-14H,3,9-11H2,1-2H3. The summed E-state index contributed by atoms with van der Waals surface area (Å²) in [5.74, 6) is 0.399. The van der Waals surface area contributed by atoms with Gasteiger partial charge in [-0.1, -0.05) is 37.3 Å². The number of likely N-dealkylation sites (N-methyl/N-ethyl adjacent to an activating group) is 1. The topological polar surface area (TPSA) is 29.5 Å². The molecule has 0 amide bonds. The maximum absolute atomic E-state index is 11.9. The van der Waals surface area contributed by atoms with Crippen molar-refractivity contribution in [1.29, 1.82) is 0 Å². The smallest absolute Gasteiger partial charge is 0.323 e. The van der Waals surface area contributed by atoms with Crippen LogP contribution < -0.4 is 0 Å². The Balaban J connectivity index is 2.08. The Hall–Kier alpha value is -1.35. The molecule has 1 aromatic carbocycles. The molecule has 3 heteroatoms. The molecule has 18 heavy (non-hydrogen) atoms. The monoisotopic (exact) mass is 247 g/mol. The molecular weight excluding hydrogens is 226 g/mol. The maximum Gasteiger partial charge on any atom is 0.323 e. The summed E-state index contributed by atoms with van der Waals surface area (Å²) in [6.07, 6.45) is 2.29. The van der Waals surface area contributed by atoms with Crippen molar-refractivity contribution < 1.29 is 9.53 Å². The molecule has 0 N–H and O–H groups in total. The minimum absolute atomic E-state index is 0.0693. The third-order valence-electron chi connectivity index (χ3n) is 3.54. The van der Waals surface area contributed by atoms with Gasteiger partial charge in [-0.2, -0.15) is 0 Å². The van der Waals surface area contributed by atoms with Crippen LogP contribution in [0.3, 0.4) is 0 Å². The van der Waals surface area contributed by atoms with Crippen molar-refractivity contribution in [1.82, 2.24) is 4.90 Å². The van der Waals surface area contributed by atoms with E-state index in [-0.39, 0.29) is 12.0 Å². The van der Waals surface area contributed by atoms with Crippen LogP contribution in [0.5, 0.6) is 0 Å². The fourth-order valence-corrected chi connectivity index (χ4v) is 2.40. The fourth-order valence-electron chi connectivity index (χ4n) is 2.40. The fraction of sp³-hybridized carbons (Fsp3) is 0.533. The first kappa shape index (κ1) is 13.1. The van der Waals surface area contributed by atoms with Crippen molar-refractivity contribution in [2.24, 2.45) is 5.92 Å². The molecule has 2 rings (SSSR count). The molecule has 0 heterocycles. The zero-order chi connectivity index (χ0) is 13.0. The normalized spacial score (nSPS) is 16.6. The number of rotatable bonds is 6. The third-order valence-corrected chi connectivity index (χ3v) is 3.54. The van der Waals surface area contributed by atoms with E-state index >= 15 is 0 Å². The Bertz CT molecular complexity index is 387. The first-order valence-corrected chi connectivity index (χ1v) is 6.62. The highest BCUT2D eigenvalue weighted by molar-refractivity contribution is 5.76. The molecule has 0 aliphatic heterocycles. The maximum atomic E-state index is 11.9. The number of hydrogen-bond donors (Lipinski definition) is 0. The first-order valence-electron chi connectivity index (χ1n) is 6.62. The lowest BCUT2D eigenvalue weighted by Crippen LogP contribution is -2.43. The summed E-state index contributed by atoms with van der Waals surface area (Å²) < 4.78 is 4.95. The summed E-state index contributed by atoms with van der Waals surface area (Å²) >= 11 is 0. The molecule has 1 aliphatic carbocycles. The predicted octanol–water partition coefficient (Wildman–Crippen LogP) is 2.46. The van der Waals surface area contributed by atoms with Crippen LogP contribution in [0.2, 0.25) is 0 Å². The molecule has 3 nitrogen and oxygen atoms in total. The van der Waals surface area contributed by atoms with Crippen molar-refractivity contribution in [2.45, 2.75) is 32.4 Å². The summed E-state index contributed by atoms with van der Waals surface area (Å²) in [7, 11) is 1.48. The number of hydrogen-bond acceptors (Lipinski definition) is 3. The van der Waals surface area contributed by atoms with Crippen molar-refractivity contribution >= 4 is 5.97 Å². The third kappa shape index (κ3) is 3.10. The number of ether oxygens (including phenoxy) is 1. The van der Waals surface area contributed by atoms with Gasteiger partial charge in [0, 0.05) is 6.54 Å². The lowest BCUT2D eigenvalue weighted by Gasteiger charge is -2.28. The van der Waals surface area contributed by atoms with Gasteiger partial charge in [-0.05, 0) is 30.9 Å². The van der Waals surface area contributed by atoms with Crippen LogP contribution in [0.25, 0.3) is 0 Å². The molecule has 0 bridgehead atoms. The first-order chi connectivity index (χ1) is 8.76. The molecule has 0 radical (unpaired) electrons. The van der Waals surface area contributed by atoms with Gasteiger partial charge < -0.3 is 4.74 Å². The average Bonchev–Trinajstić information content (AvgIpc) is 3.23. The molecule has 1 fully saturated rings. The second-order valence-electron chi connectivity index (χ2n) is 4.85. The van der Waals surface area contributed by atoms with E-state index in [0.717, 1.165) is 25.9 Å². The van der Waals surface area contributed by atoms with Crippen molar-refractivity contribution in [3.05, 3.63) is 35.9 Å². The quantitative estimate of drug-likeness (QED) is 0.723.